The minimum atomic E-state index is -0.586. The summed E-state index contributed by atoms with van der Waals surface area (Å²) in [6.45, 7) is 6.75. The van der Waals surface area contributed by atoms with Crippen molar-refractivity contribution in [3.63, 3.8) is 0 Å². The molecule has 0 spiro atoms. The van der Waals surface area contributed by atoms with E-state index in [0.717, 1.165) is 38.0 Å². The van der Waals surface area contributed by atoms with Gasteiger partial charge < -0.3 is 5.11 Å². The molecular formula is C22H44O2. The van der Waals surface area contributed by atoms with Crippen molar-refractivity contribution in [1.29, 1.82) is 0 Å². The Morgan fingerprint density at radius 2 is 1.04 bits per heavy atom. The smallest absolute Gasteiger partial charge is 0.306 e. The molecule has 0 aliphatic rings. The van der Waals surface area contributed by atoms with Crippen LogP contribution in [-0.2, 0) is 4.79 Å². The highest BCUT2D eigenvalue weighted by atomic mass is 16.4. The topological polar surface area (TPSA) is 37.3 Å². The lowest BCUT2D eigenvalue weighted by Crippen LogP contribution is -2.13. The Bertz CT molecular complexity index is 273. The van der Waals surface area contributed by atoms with Crippen molar-refractivity contribution in [3.8, 4) is 0 Å². The molecule has 0 saturated heterocycles. The second-order valence-corrected chi connectivity index (χ2v) is 8.04. The third kappa shape index (κ3) is 16.3. The summed E-state index contributed by atoms with van der Waals surface area (Å²) in [5.74, 6) is 0.180. The van der Waals surface area contributed by atoms with Crippen LogP contribution in [0.25, 0.3) is 0 Å². The molecule has 0 aromatic heterocycles. The molecule has 1 atom stereocenters. The molecule has 2 nitrogen and oxygen atoms in total. The number of hydrogen-bond donors (Lipinski definition) is 1. The maximum Gasteiger partial charge on any atom is 0.306 e. The highest BCUT2D eigenvalue weighted by molar-refractivity contribution is 5.69. The van der Waals surface area contributed by atoms with E-state index in [4.69, 9.17) is 0 Å². The Hall–Kier alpha value is -0.530. The third-order valence-corrected chi connectivity index (χ3v) is 5.09. The molecule has 144 valence electrons. The molecule has 0 bridgehead atoms. The summed E-state index contributed by atoms with van der Waals surface area (Å²) < 4.78 is 0. The third-order valence-electron chi connectivity index (χ3n) is 5.09. The van der Waals surface area contributed by atoms with Gasteiger partial charge in [-0.15, -0.1) is 0 Å². The van der Waals surface area contributed by atoms with E-state index in [1.54, 1.807) is 0 Å². The summed E-state index contributed by atoms with van der Waals surface area (Å²) in [5, 5.41) is 9.20. The molecule has 0 aromatic carbocycles. The zero-order valence-corrected chi connectivity index (χ0v) is 16.8. The van der Waals surface area contributed by atoms with Crippen molar-refractivity contribution >= 4 is 5.97 Å². The van der Waals surface area contributed by atoms with Gasteiger partial charge in [0.2, 0.25) is 0 Å². The monoisotopic (exact) mass is 340 g/mol. The minimum absolute atomic E-state index is 0.0966. The molecule has 0 rings (SSSR count). The number of rotatable bonds is 18. The first-order chi connectivity index (χ1) is 11.6. The number of aliphatic carboxylic acids is 1. The number of unbranched alkanes of at least 4 members (excludes halogenated alkanes) is 11. The van der Waals surface area contributed by atoms with E-state index in [9.17, 15) is 9.90 Å². The van der Waals surface area contributed by atoms with Gasteiger partial charge in [0, 0.05) is 0 Å². The molecular weight excluding hydrogens is 296 g/mol. The van der Waals surface area contributed by atoms with Crippen LogP contribution >= 0.6 is 0 Å². The van der Waals surface area contributed by atoms with Crippen LogP contribution in [0.1, 0.15) is 124 Å². The van der Waals surface area contributed by atoms with E-state index in [0.29, 0.717) is 0 Å². The van der Waals surface area contributed by atoms with Crippen LogP contribution in [0.5, 0.6) is 0 Å². The van der Waals surface area contributed by atoms with Crippen LogP contribution in [0.15, 0.2) is 0 Å². The molecule has 0 aliphatic carbocycles. The van der Waals surface area contributed by atoms with E-state index < -0.39 is 5.97 Å². The van der Waals surface area contributed by atoms with Gasteiger partial charge in [-0.25, -0.2) is 0 Å². The number of carboxylic acids is 1. The lowest BCUT2D eigenvalue weighted by Gasteiger charge is -2.11. The quantitative estimate of drug-likeness (QED) is 0.261. The fraction of sp³-hybridized carbons (Fsp3) is 0.955. The van der Waals surface area contributed by atoms with Crippen molar-refractivity contribution in [1.82, 2.24) is 0 Å². The van der Waals surface area contributed by atoms with Gasteiger partial charge in [0.15, 0.2) is 0 Å². The zero-order valence-electron chi connectivity index (χ0n) is 16.8. The SMILES string of the molecule is CCCCC(CCCCCCCCCCCCCC(C)C)C(=O)O. The maximum atomic E-state index is 11.2. The lowest BCUT2D eigenvalue weighted by molar-refractivity contribution is -0.142. The van der Waals surface area contributed by atoms with Crippen molar-refractivity contribution in [2.24, 2.45) is 11.8 Å². The van der Waals surface area contributed by atoms with Gasteiger partial charge in [0.1, 0.15) is 0 Å². The normalized spacial score (nSPS) is 12.7. The van der Waals surface area contributed by atoms with Gasteiger partial charge in [0.25, 0.3) is 0 Å². The van der Waals surface area contributed by atoms with E-state index >= 15 is 0 Å². The molecule has 0 aromatic rings. The number of hydrogen-bond acceptors (Lipinski definition) is 1. The van der Waals surface area contributed by atoms with Crippen molar-refractivity contribution in [2.75, 3.05) is 0 Å². The first-order valence-electron chi connectivity index (χ1n) is 10.8. The van der Waals surface area contributed by atoms with Crippen LogP contribution in [0.2, 0.25) is 0 Å². The summed E-state index contributed by atoms with van der Waals surface area (Å²) in [5.41, 5.74) is 0. The first kappa shape index (κ1) is 23.5. The average molecular weight is 341 g/mol. The molecule has 0 fully saturated rings. The predicted octanol–water partition coefficient (Wildman–Crippen LogP) is 7.60. The van der Waals surface area contributed by atoms with Gasteiger partial charge >= 0.3 is 5.97 Å². The van der Waals surface area contributed by atoms with Gasteiger partial charge in [-0.1, -0.05) is 111 Å². The Morgan fingerprint density at radius 1 is 0.667 bits per heavy atom. The van der Waals surface area contributed by atoms with E-state index in [2.05, 4.69) is 20.8 Å². The van der Waals surface area contributed by atoms with E-state index in [-0.39, 0.29) is 5.92 Å². The van der Waals surface area contributed by atoms with E-state index in [1.807, 2.05) is 0 Å². The maximum absolute atomic E-state index is 11.2. The molecule has 0 heterocycles. The van der Waals surface area contributed by atoms with Gasteiger partial charge in [0.05, 0.1) is 5.92 Å². The predicted molar refractivity (Wildman–Crippen MR) is 106 cm³/mol. The standard InChI is InChI=1S/C22H44O2/c1-4-5-18-21(22(23)24)19-16-14-12-10-8-6-7-9-11-13-15-17-20(2)3/h20-21H,4-19H2,1-3H3,(H,23,24). The van der Waals surface area contributed by atoms with E-state index in [1.165, 1.54) is 70.6 Å². The van der Waals surface area contributed by atoms with Crippen LogP contribution in [0.4, 0.5) is 0 Å². The summed E-state index contributed by atoms with van der Waals surface area (Å²) >= 11 is 0. The summed E-state index contributed by atoms with van der Waals surface area (Å²) in [7, 11) is 0. The van der Waals surface area contributed by atoms with Crippen LogP contribution in [0, 0.1) is 11.8 Å². The Labute approximate surface area is 151 Å². The highest BCUT2D eigenvalue weighted by Gasteiger charge is 2.15. The van der Waals surface area contributed by atoms with Crippen molar-refractivity contribution in [3.05, 3.63) is 0 Å². The van der Waals surface area contributed by atoms with Crippen LogP contribution in [-0.4, -0.2) is 11.1 Å². The molecule has 0 aliphatic heterocycles. The highest BCUT2D eigenvalue weighted by Crippen LogP contribution is 2.18. The van der Waals surface area contributed by atoms with Gasteiger partial charge in [-0.3, -0.25) is 4.79 Å². The molecule has 0 saturated carbocycles. The lowest BCUT2D eigenvalue weighted by atomic mass is 9.95. The van der Waals surface area contributed by atoms with Crippen molar-refractivity contribution in [2.45, 2.75) is 124 Å². The number of carbonyl (C=O) groups is 1. The average Bonchev–Trinajstić information content (AvgIpc) is 2.53. The minimum Gasteiger partial charge on any atom is -0.481 e. The molecule has 2 heteroatoms. The number of carboxylic acid groups (broad SMARTS) is 1. The van der Waals surface area contributed by atoms with Crippen LogP contribution < -0.4 is 0 Å². The largest absolute Gasteiger partial charge is 0.481 e. The second kappa shape index (κ2) is 17.3. The van der Waals surface area contributed by atoms with Gasteiger partial charge in [-0.05, 0) is 18.8 Å². The molecule has 1 N–H and O–H groups in total. The first-order valence-corrected chi connectivity index (χ1v) is 10.8. The summed E-state index contributed by atoms with van der Waals surface area (Å²) in [4.78, 5) is 11.2. The van der Waals surface area contributed by atoms with Gasteiger partial charge in [-0.2, -0.15) is 0 Å². The molecule has 0 amide bonds. The summed E-state index contributed by atoms with van der Waals surface area (Å²) in [6, 6.07) is 0. The second-order valence-electron chi connectivity index (χ2n) is 8.04. The Morgan fingerprint density at radius 3 is 1.42 bits per heavy atom. The Kier molecular flexibility index (Phi) is 16.9. The fourth-order valence-electron chi connectivity index (χ4n) is 3.38. The van der Waals surface area contributed by atoms with Crippen molar-refractivity contribution < 1.29 is 9.90 Å². The molecule has 24 heavy (non-hydrogen) atoms. The van der Waals surface area contributed by atoms with Crippen LogP contribution in [0.3, 0.4) is 0 Å². The Balaban J connectivity index is 3.28. The molecule has 0 radical (unpaired) electrons. The molecule has 1 unspecified atom stereocenters. The fourth-order valence-corrected chi connectivity index (χ4v) is 3.38. The zero-order chi connectivity index (χ0) is 18.0. The summed E-state index contributed by atoms with van der Waals surface area (Å²) in [6.07, 6.45) is 20.0.